The Kier molecular flexibility index (Phi) is 4.38. The number of hydrogen-bond acceptors (Lipinski definition) is 2. The molecule has 2 rings (SSSR count). The van der Waals surface area contributed by atoms with Gasteiger partial charge in [-0.2, -0.15) is 5.26 Å². The van der Waals surface area contributed by atoms with Crippen molar-refractivity contribution >= 4 is 0 Å². The summed E-state index contributed by atoms with van der Waals surface area (Å²) in [4.78, 5) is 2.48. The molecule has 0 amide bonds. The molecule has 0 N–H and O–H groups in total. The van der Waals surface area contributed by atoms with Crippen molar-refractivity contribution in [2.45, 2.75) is 38.6 Å². The molecule has 2 heteroatoms. The SMILES string of the molecule is CC1CCCN(CC(C#N)c2ccccc2)C1C. The highest BCUT2D eigenvalue weighted by atomic mass is 15.2. The second-order valence-electron chi connectivity index (χ2n) is 5.45. The van der Waals surface area contributed by atoms with Gasteiger partial charge >= 0.3 is 0 Å². The summed E-state index contributed by atoms with van der Waals surface area (Å²) < 4.78 is 0. The van der Waals surface area contributed by atoms with Crippen LogP contribution < -0.4 is 0 Å². The van der Waals surface area contributed by atoms with Crippen molar-refractivity contribution < 1.29 is 0 Å². The Hall–Kier alpha value is -1.33. The summed E-state index contributed by atoms with van der Waals surface area (Å²) in [5.74, 6) is 0.743. The molecule has 3 unspecified atom stereocenters. The second-order valence-corrected chi connectivity index (χ2v) is 5.45. The number of rotatable bonds is 3. The molecular formula is C16H22N2. The van der Waals surface area contributed by atoms with Crippen molar-refractivity contribution in [3.63, 3.8) is 0 Å². The third kappa shape index (κ3) is 2.91. The molecule has 1 aromatic rings. The molecule has 0 radical (unpaired) electrons. The van der Waals surface area contributed by atoms with Crippen LogP contribution in [0.15, 0.2) is 30.3 Å². The Bertz CT molecular complexity index is 407. The van der Waals surface area contributed by atoms with E-state index in [1.54, 1.807) is 0 Å². The van der Waals surface area contributed by atoms with E-state index in [-0.39, 0.29) is 5.92 Å². The van der Waals surface area contributed by atoms with Gasteiger partial charge in [0.2, 0.25) is 0 Å². The molecule has 1 aliphatic rings. The molecule has 0 aromatic heterocycles. The van der Waals surface area contributed by atoms with Gasteiger partial charge in [0.15, 0.2) is 0 Å². The van der Waals surface area contributed by atoms with E-state index in [1.807, 2.05) is 18.2 Å². The predicted molar refractivity (Wildman–Crippen MR) is 74.2 cm³/mol. The van der Waals surface area contributed by atoms with E-state index in [2.05, 4.69) is 36.9 Å². The van der Waals surface area contributed by atoms with Crippen molar-refractivity contribution in [1.29, 1.82) is 5.26 Å². The summed E-state index contributed by atoms with van der Waals surface area (Å²) in [6.07, 6.45) is 2.58. The highest BCUT2D eigenvalue weighted by molar-refractivity contribution is 5.25. The smallest absolute Gasteiger partial charge is 0.0839 e. The third-order valence-corrected chi connectivity index (χ3v) is 4.28. The summed E-state index contributed by atoms with van der Waals surface area (Å²) in [5, 5.41) is 9.39. The van der Waals surface area contributed by atoms with Crippen molar-refractivity contribution in [3.05, 3.63) is 35.9 Å². The zero-order valence-electron chi connectivity index (χ0n) is 11.3. The molecule has 18 heavy (non-hydrogen) atoms. The largest absolute Gasteiger partial charge is 0.299 e. The van der Waals surface area contributed by atoms with Crippen LogP contribution >= 0.6 is 0 Å². The normalized spacial score (nSPS) is 26.5. The van der Waals surface area contributed by atoms with Crippen LogP contribution in [0.4, 0.5) is 0 Å². The predicted octanol–water partition coefficient (Wildman–Crippen LogP) is 3.41. The molecule has 0 bridgehead atoms. The summed E-state index contributed by atoms with van der Waals surface area (Å²) in [7, 11) is 0. The van der Waals surface area contributed by atoms with Crippen LogP contribution in [0.25, 0.3) is 0 Å². The lowest BCUT2D eigenvalue weighted by molar-refractivity contribution is 0.112. The van der Waals surface area contributed by atoms with E-state index < -0.39 is 0 Å². The first kappa shape index (κ1) is 13.1. The molecule has 0 saturated carbocycles. The fourth-order valence-corrected chi connectivity index (χ4v) is 2.82. The fraction of sp³-hybridized carbons (Fsp3) is 0.562. The first-order valence-electron chi connectivity index (χ1n) is 6.91. The van der Waals surface area contributed by atoms with E-state index in [1.165, 1.54) is 12.8 Å². The first-order valence-corrected chi connectivity index (χ1v) is 6.91. The average molecular weight is 242 g/mol. The van der Waals surface area contributed by atoms with Gasteiger partial charge in [0.25, 0.3) is 0 Å². The number of benzene rings is 1. The molecule has 1 heterocycles. The number of nitriles is 1. The highest BCUT2D eigenvalue weighted by Crippen LogP contribution is 2.26. The average Bonchev–Trinajstić information content (AvgIpc) is 2.41. The highest BCUT2D eigenvalue weighted by Gasteiger charge is 2.26. The van der Waals surface area contributed by atoms with Crippen LogP contribution in [-0.2, 0) is 0 Å². The number of hydrogen-bond donors (Lipinski definition) is 0. The molecule has 0 aliphatic carbocycles. The molecule has 0 spiro atoms. The van der Waals surface area contributed by atoms with Gasteiger partial charge < -0.3 is 0 Å². The monoisotopic (exact) mass is 242 g/mol. The van der Waals surface area contributed by atoms with E-state index >= 15 is 0 Å². The van der Waals surface area contributed by atoms with Crippen LogP contribution in [0.1, 0.15) is 38.2 Å². The number of piperidine rings is 1. The zero-order chi connectivity index (χ0) is 13.0. The maximum absolute atomic E-state index is 9.39. The van der Waals surface area contributed by atoms with Crippen LogP contribution in [0.5, 0.6) is 0 Å². The van der Waals surface area contributed by atoms with Crippen molar-refractivity contribution in [1.82, 2.24) is 4.90 Å². The topological polar surface area (TPSA) is 27.0 Å². The minimum atomic E-state index is -0.000972. The molecule has 2 nitrogen and oxygen atoms in total. The van der Waals surface area contributed by atoms with Crippen molar-refractivity contribution in [2.24, 2.45) is 5.92 Å². The first-order chi connectivity index (χ1) is 8.72. The lowest BCUT2D eigenvalue weighted by atomic mass is 9.90. The maximum atomic E-state index is 9.39. The summed E-state index contributed by atoms with van der Waals surface area (Å²) in [6.45, 7) is 6.62. The Balaban J connectivity index is 2.05. The third-order valence-electron chi connectivity index (χ3n) is 4.28. The lowest BCUT2D eigenvalue weighted by Gasteiger charge is -2.38. The molecule has 1 fully saturated rings. The van der Waals surface area contributed by atoms with Gasteiger partial charge in [0.05, 0.1) is 12.0 Å². The minimum absolute atomic E-state index is 0.000972. The van der Waals surface area contributed by atoms with E-state index in [0.717, 1.165) is 24.6 Å². The van der Waals surface area contributed by atoms with Crippen LogP contribution in [-0.4, -0.2) is 24.0 Å². The van der Waals surface area contributed by atoms with E-state index in [4.69, 9.17) is 0 Å². The standard InChI is InChI=1S/C16H22N2/c1-13-7-6-10-18(14(13)2)12-16(11-17)15-8-4-3-5-9-15/h3-5,8-9,13-14,16H,6-7,10,12H2,1-2H3. The molecule has 1 aromatic carbocycles. The minimum Gasteiger partial charge on any atom is -0.299 e. The van der Waals surface area contributed by atoms with E-state index in [0.29, 0.717) is 6.04 Å². The Labute approximate surface area is 110 Å². The van der Waals surface area contributed by atoms with Gasteiger partial charge in [-0.25, -0.2) is 0 Å². The molecule has 3 atom stereocenters. The van der Waals surface area contributed by atoms with Crippen molar-refractivity contribution in [2.75, 3.05) is 13.1 Å². The number of likely N-dealkylation sites (tertiary alicyclic amines) is 1. The Morgan fingerprint density at radius 2 is 2.06 bits per heavy atom. The van der Waals surface area contributed by atoms with Gasteiger partial charge in [-0.05, 0) is 37.8 Å². The van der Waals surface area contributed by atoms with E-state index in [9.17, 15) is 5.26 Å². The second kappa shape index (κ2) is 6.02. The summed E-state index contributed by atoms with van der Waals surface area (Å²) in [5.41, 5.74) is 1.14. The van der Waals surface area contributed by atoms with Gasteiger partial charge in [-0.1, -0.05) is 37.3 Å². The molecule has 1 saturated heterocycles. The van der Waals surface area contributed by atoms with Crippen LogP contribution in [0.3, 0.4) is 0 Å². The fourth-order valence-electron chi connectivity index (χ4n) is 2.82. The van der Waals surface area contributed by atoms with Gasteiger partial charge in [0, 0.05) is 12.6 Å². The molecular weight excluding hydrogens is 220 g/mol. The maximum Gasteiger partial charge on any atom is 0.0839 e. The van der Waals surface area contributed by atoms with Gasteiger partial charge in [0.1, 0.15) is 0 Å². The van der Waals surface area contributed by atoms with Gasteiger partial charge in [-0.15, -0.1) is 0 Å². The number of nitrogens with zero attached hydrogens (tertiary/aromatic N) is 2. The van der Waals surface area contributed by atoms with Crippen LogP contribution in [0.2, 0.25) is 0 Å². The molecule has 96 valence electrons. The zero-order valence-corrected chi connectivity index (χ0v) is 11.3. The lowest BCUT2D eigenvalue weighted by Crippen LogP contribution is -2.44. The Morgan fingerprint density at radius 1 is 1.33 bits per heavy atom. The molecule has 1 aliphatic heterocycles. The summed E-state index contributed by atoms with van der Waals surface area (Å²) >= 11 is 0. The Morgan fingerprint density at radius 3 is 2.72 bits per heavy atom. The quantitative estimate of drug-likeness (QED) is 0.812. The van der Waals surface area contributed by atoms with Crippen LogP contribution in [0, 0.1) is 17.2 Å². The van der Waals surface area contributed by atoms with Crippen molar-refractivity contribution in [3.8, 4) is 6.07 Å². The van der Waals surface area contributed by atoms with Gasteiger partial charge in [-0.3, -0.25) is 4.90 Å². The summed E-state index contributed by atoms with van der Waals surface area (Å²) in [6, 6.07) is 13.2.